The molecule has 1 heterocycles. The van der Waals surface area contributed by atoms with Gasteiger partial charge in [-0.25, -0.2) is 4.98 Å². The van der Waals surface area contributed by atoms with Crippen molar-refractivity contribution < 1.29 is 9.90 Å². The molecule has 0 aliphatic rings. The number of anilines is 2. The highest BCUT2D eigenvalue weighted by Crippen LogP contribution is 2.29. The first-order chi connectivity index (χ1) is 13.5. The maximum atomic E-state index is 12.9. The first kappa shape index (κ1) is 20.3. The van der Waals surface area contributed by atoms with Crippen molar-refractivity contribution >= 4 is 38.8 Å². The van der Waals surface area contributed by atoms with Crippen molar-refractivity contribution in [1.29, 1.82) is 0 Å². The summed E-state index contributed by atoms with van der Waals surface area (Å²) < 4.78 is 0. The van der Waals surface area contributed by atoms with E-state index >= 15 is 0 Å². The highest BCUT2D eigenvalue weighted by molar-refractivity contribution is 7.17. The Morgan fingerprint density at radius 3 is 2.79 bits per heavy atom. The van der Waals surface area contributed by atoms with Gasteiger partial charge in [0.2, 0.25) is 0 Å². The van der Waals surface area contributed by atoms with Crippen molar-refractivity contribution in [3.63, 3.8) is 0 Å². The molecular weight excluding hydrogens is 372 g/mol. The van der Waals surface area contributed by atoms with Gasteiger partial charge in [0.15, 0.2) is 11.5 Å². The number of nitrogens with one attached hydrogen (secondary N) is 3. The Morgan fingerprint density at radius 1 is 1.21 bits per heavy atom. The van der Waals surface area contributed by atoms with Gasteiger partial charge in [0.1, 0.15) is 4.88 Å². The quantitative estimate of drug-likeness (QED) is 0.337. The number of carbonyl (C=O) groups excluding carboxylic acids is 1. The van der Waals surface area contributed by atoms with Crippen LogP contribution in [-0.2, 0) is 0 Å². The first-order valence-electron chi connectivity index (χ1n) is 9.44. The number of benzene rings is 2. The minimum atomic E-state index is -0.895. The third kappa shape index (κ3) is 4.67. The van der Waals surface area contributed by atoms with Gasteiger partial charge in [-0.15, -0.1) is 0 Å². The summed E-state index contributed by atoms with van der Waals surface area (Å²) in [6, 6.07) is 12.0. The number of rotatable bonds is 8. The molecule has 6 nitrogen and oxygen atoms in total. The van der Waals surface area contributed by atoms with Gasteiger partial charge < -0.3 is 15.7 Å². The lowest BCUT2D eigenvalue weighted by atomic mass is 10.0. The molecule has 4 N–H and O–H groups in total. The number of hydrogen-bond donors (Lipinski definition) is 4. The number of unbranched alkanes of at least 4 members (excludes halogenated alkanes) is 1. The molecule has 1 unspecified atom stereocenters. The van der Waals surface area contributed by atoms with E-state index in [1.165, 1.54) is 11.3 Å². The number of thiazole rings is 1. The van der Waals surface area contributed by atoms with Crippen LogP contribution < -0.4 is 16.0 Å². The molecule has 148 valence electrons. The van der Waals surface area contributed by atoms with Crippen LogP contribution in [0.15, 0.2) is 36.4 Å². The van der Waals surface area contributed by atoms with Crippen molar-refractivity contribution in [3.05, 3.63) is 52.5 Å². The van der Waals surface area contributed by atoms with Crippen LogP contribution in [0.5, 0.6) is 0 Å². The van der Waals surface area contributed by atoms with Gasteiger partial charge >= 0.3 is 0 Å². The molecule has 1 atom stereocenters. The van der Waals surface area contributed by atoms with Crippen LogP contribution in [0.3, 0.4) is 0 Å². The zero-order valence-electron chi connectivity index (χ0n) is 16.4. The predicted octanol–water partition coefficient (Wildman–Crippen LogP) is 4.24. The molecule has 7 heteroatoms. The number of aliphatic hydroxyl groups is 1. The van der Waals surface area contributed by atoms with E-state index in [2.05, 4.69) is 27.9 Å². The van der Waals surface area contributed by atoms with E-state index in [0.29, 0.717) is 22.2 Å². The van der Waals surface area contributed by atoms with E-state index in [4.69, 9.17) is 0 Å². The Bertz CT molecular complexity index is 970. The highest BCUT2D eigenvalue weighted by atomic mass is 32.1. The summed E-state index contributed by atoms with van der Waals surface area (Å²) in [7, 11) is 0. The van der Waals surface area contributed by atoms with E-state index in [9.17, 15) is 9.90 Å². The van der Waals surface area contributed by atoms with E-state index in [0.717, 1.165) is 34.9 Å². The standard InChI is InChI=1S/C21H26N4O2S/c1-4-5-12-22-20(27)25-21-23-14(3)18(28-21)19(26)24-17-13(2)10-11-15-8-6-7-9-16(15)17/h6-11,20,22,27H,4-5,12H2,1-3H3,(H,23,25)(H,24,26). The molecule has 0 fully saturated rings. The summed E-state index contributed by atoms with van der Waals surface area (Å²) in [5.74, 6) is -0.198. The summed E-state index contributed by atoms with van der Waals surface area (Å²) in [5.41, 5.74) is 2.44. The number of aliphatic hydroxyl groups excluding tert-OH is 1. The third-order valence-corrected chi connectivity index (χ3v) is 5.59. The number of nitrogens with zero attached hydrogens (tertiary/aromatic N) is 1. The van der Waals surface area contributed by atoms with Crippen molar-refractivity contribution in [2.24, 2.45) is 0 Å². The lowest BCUT2D eigenvalue weighted by molar-refractivity contribution is 0.103. The number of aromatic nitrogens is 1. The molecule has 0 aliphatic carbocycles. The number of amides is 1. The monoisotopic (exact) mass is 398 g/mol. The molecule has 0 spiro atoms. The van der Waals surface area contributed by atoms with Gasteiger partial charge in [-0.2, -0.15) is 0 Å². The topological polar surface area (TPSA) is 86.3 Å². The maximum absolute atomic E-state index is 12.9. The number of fused-ring (bicyclic) bond motifs is 1. The molecule has 0 saturated carbocycles. The molecule has 3 aromatic rings. The fraction of sp³-hybridized carbons (Fsp3) is 0.333. The van der Waals surface area contributed by atoms with E-state index in [-0.39, 0.29) is 5.91 Å². The highest BCUT2D eigenvalue weighted by Gasteiger charge is 2.18. The van der Waals surface area contributed by atoms with E-state index < -0.39 is 6.35 Å². The number of hydrogen-bond acceptors (Lipinski definition) is 6. The SMILES string of the molecule is CCCCNC(O)Nc1nc(C)c(C(=O)Nc2c(C)ccc3ccccc23)s1. The Kier molecular flexibility index (Phi) is 6.61. The zero-order chi connectivity index (χ0) is 20.1. The molecule has 0 aliphatic heterocycles. The summed E-state index contributed by atoms with van der Waals surface area (Å²) in [5, 5.41) is 21.5. The molecule has 1 aromatic heterocycles. The third-order valence-electron chi connectivity index (χ3n) is 4.51. The second-order valence-electron chi connectivity index (χ2n) is 6.72. The number of carbonyl (C=O) groups is 1. The average Bonchev–Trinajstić information content (AvgIpc) is 3.04. The van der Waals surface area contributed by atoms with Gasteiger partial charge in [-0.05, 0) is 37.8 Å². The van der Waals surface area contributed by atoms with E-state index in [1.807, 2.05) is 43.3 Å². The fourth-order valence-electron chi connectivity index (χ4n) is 2.97. The molecular formula is C21H26N4O2S. The van der Waals surface area contributed by atoms with Crippen LogP contribution in [0.1, 0.15) is 40.7 Å². The molecule has 0 bridgehead atoms. The van der Waals surface area contributed by atoms with Crippen molar-refractivity contribution in [2.45, 2.75) is 40.0 Å². The zero-order valence-corrected chi connectivity index (χ0v) is 17.2. The largest absolute Gasteiger partial charge is 0.361 e. The lowest BCUT2D eigenvalue weighted by Crippen LogP contribution is -2.36. The first-order valence-corrected chi connectivity index (χ1v) is 10.3. The summed E-state index contributed by atoms with van der Waals surface area (Å²) in [6.45, 7) is 6.58. The molecule has 3 rings (SSSR count). The van der Waals surface area contributed by atoms with Crippen LogP contribution >= 0.6 is 11.3 Å². The van der Waals surface area contributed by atoms with Gasteiger partial charge in [0.25, 0.3) is 5.91 Å². The van der Waals surface area contributed by atoms with Crippen molar-refractivity contribution in [2.75, 3.05) is 17.2 Å². The second kappa shape index (κ2) is 9.14. The van der Waals surface area contributed by atoms with Crippen LogP contribution in [0.4, 0.5) is 10.8 Å². The minimum absolute atomic E-state index is 0.198. The van der Waals surface area contributed by atoms with Gasteiger partial charge in [0.05, 0.1) is 11.4 Å². The Morgan fingerprint density at radius 2 is 2.00 bits per heavy atom. The summed E-state index contributed by atoms with van der Waals surface area (Å²) in [4.78, 5) is 17.8. The maximum Gasteiger partial charge on any atom is 0.267 e. The van der Waals surface area contributed by atoms with Gasteiger partial charge in [0, 0.05) is 5.39 Å². The van der Waals surface area contributed by atoms with Gasteiger partial charge in [-0.1, -0.05) is 61.1 Å². The fourth-order valence-corrected chi connectivity index (χ4v) is 3.85. The normalized spacial score (nSPS) is 12.1. The van der Waals surface area contributed by atoms with Crippen LogP contribution in [0, 0.1) is 13.8 Å². The Labute approximate surface area is 169 Å². The van der Waals surface area contributed by atoms with Crippen LogP contribution in [0.25, 0.3) is 10.8 Å². The average molecular weight is 399 g/mol. The molecule has 1 amide bonds. The summed E-state index contributed by atoms with van der Waals surface area (Å²) >= 11 is 1.23. The Balaban J connectivity index is 1.75. The Hall–Kier alpha value is -2.48. The van der Waals surface area contributed by atoms with E-state index in [1.54, 1.807) is 6.92 Å². The van der Waals surface area contributed by atoms with Crippen LogP contribution in [0.2, 0.25) is 0 Å². The molecule has 2 aromatic carbocycles. The van der Waals surface area contributed by atoms with Crippen molar-refractivity contribution in [1.82, 2.24) is 10.3 Å². The lowest BCUT2D eigenvalue weighted by Gasteiger charge is -2.13. The van der Waals surface area contributed by atoms with Crippen LogP contribution in [-0.4, -0.2) is 28.9 Å². The van der Waals surface area contributed by atoms with Crippen molar-refractivity contribution in [3.8, 4) is 0 Å². The molecule has 0 saturated heterocycles. The summed E-state index contributed by atoms with van der Waals surface area (Å²) in [6.07, 6.45) is 1.13. The number of aryl methyl sites for hydroxylation is 2. The smallest absolute Gasteiger partial charge is 0.267 e. The minimum Gasteiger partial charge on any atom is -0.361 e. The second-order valence-corrected chi connectivity index (χ2v) is 7.72. The molecule has 28 heavy (non-hydrogen) atoms. The molecule has 0 radical (unpaired) electrons. The predicted molar refractivity (Wildman–Crippen MR) is 116 cm³/mol. The van der Waals surface area contributed by atoms with Gasteiger partial charge in [-0.3, -0.25) is 10.1 Å².